The number of likely N-dealkylation sites (tertiary alicyclic amines) is 1. The summed E-state index contributed by atoms with van der Waals surface area (Å²) in [6.07, 6.45) is 2.40. The van der Waals surface area contributed by atoms with Crippen molar-refractivity contribution in [2.45, 2.75) is 26.3 Å². The Balaban J connectivity index is 0.00000200. The Morgan fingerprint density at radius 3 is 2.65 bits per heavy atom. The molecule has 4 nitrogen and oxygen atoms in total. The number of halogens is 1. The topological polar surface area (TPSA) is 50.9 Å². The van der Waals surface area contributed by atoms with Crippen molar-refractivity contribution in [3.63, 3.8) is 0 Å². The molecule has 1 aliphatic heterocycles. The summed E-state index contributed by atoms with van der Waals surface area (Å²) in [5.74, 6) is 2.32. The number of benzene rings is 1. The van der Waals surface area contributed by atoms with Crippen molar-refractivity contribution in [2.75, 3.05) is 20.2 Å². The highest BCUT2D eigenvalue weighted by atomic mass is 127. The SMILES string of the molecule is COc1ccccc1CN=C(N)N1CCC(C)CC1.I. The van der Waals surface area contributed by atoms with Crippen LogP contribution in [0.25, 0.3) is 0 Å². The summed E-state index contributed by atoms with van der Waals surface area (Å²) in [5, 5.41) is 0. The van der Waals surface area contributed by atoms with Crippen molar-refractivity contribution in [3.05, 3.63) is 29.8 Å². The zero-order valence-corrected chi connectivity index (χ0v) is 14.5. The molecule has 112 valence electrons. The summed E-state index contributed by atoms with van der Waals surface area (Å²) < 4.78 is 5.31. The maximum absolute atomic E-state index is 6.07. The van der Waals surface area contributed by atoms with Gasteiger partial charge in [-0.25, -0.2) is 4.99 Å². The van der Waals surface area contributed by atoms with Gasteiger partial charge in [0.05, 0.1) is 13.7 Å². The second-order valence-electron chi connectivity index (χ2n) is 5.16. The maximum atomic E-state index is 6.07. The van der Waals surface area contributed by atoms with Crippen molar-refractivity contribution < 1.29 is 4.74 Å². The van der Waals surface area contributed by atoms with Gasteiger partial charge < -0.3 is 15.4 Å². The van der Waals surface area contributed by atoms with Gasteiger partial charge in [-0.1, -0.05) is 25.1 Å². The molecule has 1 fully saturated rings. The Kier molecular flexibility index (Phi) is 7.12. The molecule has 1 saturated heterocycles. The van der Waals surface area contributed by atoms with Crippen molar-refractivity contribution in [3.8, 4) is 5.75 Å². The van der Waals surface area contributed by atoms with Gasteiger partial charge >= 0.3 is 0 Å². The lowest BCUT2D eigenvalue weighted by atomic mass is 10.00. The lowest BCUT2D eigenvalue weighted by Gasteiger charge is -2.31. The molecule has 1 aromatic rings. The van der Waals surface area contributed by atoms with Crippen LogP contribution < -0.4 is 10.5 Å². The number of piperidine rings is 1. The summed E-state index contributed by atoms with van der Waals surface area (Å²) in [6, 6.07) is 7.92. The summed E-state index contributed by atoms with van der Waals surface area (Å²) in [4.78, 5) is 6.67. The molecule has 1 aliphatic rings. The van der Waals surface area contributed by atoms with E-state index in [2.05, 4.69) is 16.8 Å². The molecule has 0 atom stereocenters. The van der Waals surface area contributed by atoms with Gasteiger partial charge in [0.2, 0.25) is 0 Å². The molecule has 1 heterocycles. The third-order valence-electron chi connectivity index (χ3n) is 3.71. The predicted octanol–water partition coefficient (Wildman–Crippen LogP) is 2.86. The highest BCUT2D eigenvalue weighted by molar-refractivity contribution is 14.0. The van der Waals surface area contributed by atoms with E-state index >= 15 is 0 Å². The summed E-state index contributed by atoms with van der Waals surface area (Å²) in [7, 11) is 1.68. The Morgan fingerprint density at radius 1 is 1.35 bits per heavy atom. The Hall–Kier alpha value is -0.980. The molecule has 20 heavy (non-hydrogen) atoms. The minimum absolute atomic E-state index is 0. The van der Waals surface area contributed by atoms with Crippen LogP contribution in [0.1, 0.15) is 25.3 Å². The van der Waals surface area contributed by atoms with Crippen LogP contribution in [0.2, 0.25) is 0 Å². The van der Waals surface area contributed by atoms with Crippen LogP contribution in [0, 0.1) is 5.92 Å². The van der Waals surface area contributed by atoms with Crippen LogP contribution >= 0.6 is 24.0 Å². The van der Waals surface area contributed by atoms with Gasteiger partial charge in [0.15, 0.2) is 5.96 Å². The quantitative estimate of drug-likeness (QED) is 0.492. The number of nitrogens with zero attached hydrogens (tertiary/aromatic N) is 2. The first-order valence-electron chi connectivity index (χ1n) is 6.87. The smallest absolute Gasteiger partial charge is 0.191 e. The molecule has 2 N–H and O–H groups in total. The van der Waals surface area contributed by atoms with Crippen LogP contribution in [0.3, 0.4) is 0 Å². The normalized spacial score (nSPS) is 16.7. The number of methoxy groups -OCH3 is 1. The van der Waals surface area contributed by atoms with Gasteiger partial charge in [0.1, 0.15) is 5.75 Å². The van der Waals surface area contributed by atoms with Crippen molar-refractivity contribution in [1.29, 1.82) is 0 Å². The highest BCUT2D eigenvalue weighted by Gasteiger charge is 2.16. The highest BCUT2D eigenvalue weighted by Crippen LogP contribution is 2.19. The Morgan fingerprint density at radius 2 is 2.00 bits per heavy atom. The minimum Gasteiger partial charge on any atom is -0.496 e. The molecule has 0 unspecified atom stereocenters. The molecule has 1 aromatic carbocycles. The number of hydrogen-bond acceptors (Lipinski definition) is 2. The third-order valence-corrected chi connectivity index (χ3v) is 3.71. The lowest BCUT2D eigenvalue weighted by molar-refractivity contribution is 0.277. The van der Waals surface area contributed by atoms with E-state index in [0.717, 1.165) is 30.3 Å². The zero-order chi connectivity index (χ0) is 13.7. The van der Waals surface area contributed by atoms with E-state index in [4.69, 9.17) is 10.5 Å². The molecule has 2 rings (SSSR count). The Bertz CT molecular complexity index is 442. The maximum Gasteiger partial charge on any atom is 0.191 e. The van der Waals surface area contributed by atoms with Crippen LogP contribution in [-0.2, 0) is 6.54 Å². The number of nitrogens with two attached hydrogens (primary N) is 1. The average molecular weight is 389 g/mol. The first kappa shape index (κ1) is 17.1. The van der Waals surface area contributed by atoms with Gasteiger partial charge in [0, 0.05) is 18.7 Å². The molecular formula is C15H24IN3O. The summed E-state index contributed by atoms with van der Waals surface area (Å²) in [5.41, 5.74) is 7.14. The fourth-order valence-electron chi connectivity index (χ4n) is 2.34. The molecule has 0 amide bonds. The molecule has 0 spiro atoms. The molecule has 0 bridgehead atoms. The fourth-order valence-corrected chi connectivity index (χ4v) is 2.34. The number of rotatable bonds is 3. The predicted molar refractivity (Wildman–Crippen MR) is 93.7 cm³/mol. The fraction of sp³-hybridized carbons (Fsp3) is 0.533. The number of hydrogen-bond donors (Lipinski definition) is 1. The summed E-state index contributed by atoms with van der Waals surface area (Å²) >= 11 is 0. The summed E-state index contributed by atoms with van der Waals surface area (Å²) in [6.45, 7) is 4.90. The second-order valence-corrected chi connectivity index (χ2v) is 5.16. The first-order chi connectivity index (χ1) is 9.20. The van der Waals surface area contributed by atoms with E-state index in [1.54, 1.807) is 7.11 Å². The van der Waals surface area contributed by atoms with Gasteiger partial charge in [0.25, 0.3) is 0 Å². The molecule has 0 saturated carbocycles. The second kappa shape index (κ2) is 8.34. The van der Waals surface area contributed by atoms with Crippen LogP contribution in [0.15, 0.2) is 29.3 Å². The van der Waals surface area contributed by atoms with E-state index < -0.39 is 0 Å². The van der Waals surface area contributed by atoms with Crippen molar-refractivity contribution in [1.82, 2.24) is 4.90 Å². The molecular weight excluding hydrogens is 365 g/mol. The van der Waals surface area contributed by atoms with E-state index in [0.29, 0.717) is 12.5 Å². The van der Waals surface area contributed by atoms with Crippen LogP contribution in [0.4, 0.5) is 0 Å². The van der Waals surface area contributed by atoms with Gasteiger partial charge in [-0.05, 0) is 24.8 Å². The molecule has 0 aliphatic carbocycles. The largest absolute Gasteiger partial charge is 0.496 e. The van der Waals surface area contributed by atoms with E-state index in [1.807, 2.05) is 24.3 Å². The zero-order valence-electron chi connectivity index (χ0n) is 12.2. The van der Waals surface area contributed by atoms with Crippen molar-refractivity contribution in [2.24, 2.45) is 16.6 Å². The van der Waals surface area contributed by atoms with E-state index in [-0.39, 0.29) is 24.0 Å². The number of aliphatic imine (C=N–C) groups is 1. The minimum atomic E-state index is 0. The van der Waals surface area contributed by atoms with E-state index in [9.17, 15) is 0 Å². The molecule has 0 radical (unpaired) electrons. The van der Waals surface area contributed by atoms with Gasteiger partial charge in [-0.2, -0.15) is 0 Å². The average Bonchev–Trinajstić information content (AvgIpc) is 2.45. The standard InChI is InChI=1S/C15H23N3O.HI/c1-12-7-9-18(10-8-12)15(16)17-11-13-5-3-4-6-14(13)19-2;/h3-6,12H,7-11H2,1-2H3,(H2,16,17);1H. The lowest BCUT2D eigenvalue weighted by Crippen LogP contribution is -2.42. The monoisotopic (exact) mass is 389 g/mol. The van der Waals surface area contributed by atoms with Gasteiger partial charge in [-0.15, -0.1) is 24.0 Å². The van der Waals surface area contributed by atoms with E-state index in [1.165, 1.54) is 12.8 Å². The number of para-hydroxylation sites is 1. The molecule has 5 heteroatoms. The number of guanidine groups is 1. The van der Waals surface area contributed by atoms with Crippen LogP contribution in [-0.4, -0.2) is 31.1 Å². The van der Waals surface area contributed by atoms with Gasteiger partial charge in [-0.3, -0.25) is 0 Å². The first-order valence-corrected chi connectivity index (χ1v) is 6.87. The third kappa shape index (κ3) is 4.54. The van der Waals surface area contributed by atoms with Crippen molar-refractivity contribution >= 4 is 29.9 Å². The number of ether oxygens (including phenoxy) is 1. The Labute approximate surface area is 138 Å². The van der Waals surface area contributed by atoms with Crippen LogP contribution in [0.5, 0.6) is 5.75 Å². The molecule has 0 aromatic heterocycles.